The molecule has 0 spiro atoms. The van der Waals surface area contributed by atoms with E-state index in [1.807, 2.05) is 0 Å². The number of benzene rings is 1. The zero-order chi connectivity index (χ0) is 15.7. The van der Waals surface area contributed by atoms with Gasteiger partial charge in [-0.2, -0.15) is 0 Å². The standard InChI is InChI=1S/C14H16N2O4S/c1-2-7-15-14(20)16-12(17)9-21-11-5-3-10(4-6-11)8-13(18)19/h2-6H,1,7-9H2,(H,18,19)(H2,15,16,17,20). The number of nitrogens with one attached hydrogen (secondary N) is 2. The molecule has 3 N–H and O–H groups in total. The van der Waals surface area contributed by atoms with Gasteiger partial charge in [0.25, 0.3) is 0 Å². The van der Waals surface area contributed by atoms with E-state index in [2.05, 4.69) is 17.2 Å². The maximum Gasteiger partial charge on any atom is 0.321 e. The van der Waals surface area contributed by atoms with Gasteiger partial charge in [-0.05, 0) is 17.7 Å². The van der Waals surface area contributed by atoms with Gasteiger partial charge >= 0.3 is 12.0 Å². The fraction of sp³-hybridized carbons (Fsp3) is 0.214. The van der Waals surface area contributed by atoms with Gasteiger partial charge in [0.05, 0.1) is 12.2 Å². The van der Waals surface area contributed by atoms with E-state index in [4.69, 9.17) is 5.11 Å². The molecule has 0 saturated carbocycles. The molecule has 0 aliphatic carbocycles. The monoisotopic (exact) mass is 308 g/mol. The number of carboxylic acids is 1. The summed E-state index contributed by atoms with van der Waals surface area (Å²) in [5.41, 5.74) is 0.695. The van der Waals surface area contributed by atoms with Crippen LogP contribution in [-0.2, 0) is 16.0 Å². The van der Waals surface area contributed by atoms with Gasteiger partial charge in [-0.25, -0.2) is 4.79 Å². The van der Waals surface area contributed by atoms with Crippen LogP contribution in [-0.4, -0.2) is 35.3 Å². The lowest BCUT2D eigenvalue weighted by atomic mass is 10.2. The van der Waals surface area contributed by atoms with Crippen molar-refractivity contribution in [2.75, 3.05) is 12.3 Å². The molecule has 0 radical (unpaired) electrons. The smallest absolute Gasteiger partial charge is 0.321 e. The molecule has 0 saturated heterocycles. The van der Waals surface area contributed by atoms with Gasteiger partial charge in [0.2, 0.25) is 5.91 Å². The van der Waals surface area contributed by atoms with Gasteiger partial charge in [-0.15, -0.1) is 18.3 Å². The number of carboxylic acid groups (broad SMARTS) is 1. The largest absolute Gasteiger partial charge is 0.481 e. The molecule has 0 atom stereocenters. The highest BCUT2D eigenvalue weighted by molar-refractivity contribution is 8.00. The number of hydrogen-bond donors (Lipinski definition) is 3. The second-order valence-corrected chi connectivity index (χ2v) is 5.10. The fourth-order valence-electron chi connectivity index (χ4n) is 1.40. The lowest BCUT2D eigenvalue weighted by molar-refractivity contribution is -0.136. The van der Waals surface area contributed by atoms with Crippen molar-refractivity contribution < 1.29 is 19.5 Å². The van der Waals surface area contributed by atoms with E-state index in [9.17, 15) is 14.4 Å². The normalized spacial score (nSPS) is 9.71. The molecule has 0 aliphatic heterocycles. The third-order valence-electron chi connectivity index (χ3n) is 2.31. The molecule has 0 bridgehead atoms. The molecular formula is C14H16N2O4S. The number of carbonyl (C=O) groups is 3. The second kappa shape index (κ2) is 8.80. The van der Waals surface area contributed by atoms with Crippen LogP contribution >= 0.6 is 11.8 Å². The third kappa shape index (κ3) is 7.17. The lowest BCUT2D eigenvalue weighted by Crippen LogP contribution is -2.40. The number of imide groups is 1. The molecule has 1 aromatic carbocycles. The molecule has 112 valence electrons. The lowest BCUT2D eigenvalue weighted by Gasteiger charge is -2.05. The van der Waals surface area contributed by atoms with E-state index < -0.39 is 17.9 Å². The van der Waals surface area contributed by atoms with Crippen LogP contribution in [0, 0.1) is 0 Å². The number of urea groups is 1. The predicted molar refractivity (Wildman–Crippen MR) is 80.2 cm³/mol. The first-order valence-electron chi connectivity index (χ1n) is 6.13. The van der Waals surface area contributed by atoms with Crippen molar-refractivity contribution in [2.24, 2.45) is 0 Å². The van der Waals surface area contributed by atoms with Gasteiger partial charge < -0.3 is 10.4 Å². The van der Waals surface area contributed by atoms with Gasteiger partial charge in [0.15, 0.2) is 0 Å². The van der Waals surface area contributed by atoms with Gasteiger partial charge in [-0.3, -0.25) is 14.9 Å². The molecule has 1 aromatic rings. The Bertz CT molecular complexity index is 528. The van der Waals surface area contributed by atoms with E-state index in [0.717, 1.165) is 4.90 Å². The maximum atomic E-state index is 11.5. The van der Waals surface area contributed by atoms with E-state index in [-0.39, 0.29) is 18.7 Å². The minimum absolute atomic E-state index is 0.0328. The van der Waals surface area contributed by atoms with Crippen molar-refractivity contribution in [1.82, 2.24) is 10.6 Å². The summed E-state index contributed by atoms with van der Waals surface area (Å²) in [5, 5.41) is 13.3. The first kappa shape index (κ1) is 16.8. The highest BCUT2D eigenvalue weighted by Crippen LogP contribution is 2.18. The molecule has 3 amide bonds. The molecule has 0 aromatic heterocycles. The van der Waals surface area contributed by atoms with Crippen molar-refractivity contribution in [1.29, 1.82) is 0 Å². The third-order valence-corrected chi connectivity index (χ3v) is 3.32. The first-order valence-corrected chi connectivity index (χ1v) is 7.12. The van der Waals surface area contributed by atoms with Crippen LogP contribution in [0.3, 0.4) is 0 Å². The fourth-order valence-corrected chi connectivity index (χ4v) is 2.10. The summed E-state index contributed by atoms with van der Waals surface area (Å²) >= 11 is 1.26. The van der Waals surface area contributed by atoms with Crippen molar-refractivity contribution in [3.63, 3.8) is 0 Å². The van der Waals surface area contributed by atoms with Crippen molar-refractivity contribution in [2.45, 2.75) is 11.3 Å². The van der Waals surface area contributed by atoms with Crippen molar-refractivity contribution in [3.8, 4) is 0 Å². The summed E-state index contributed by atoms with van der Waals surface area (Å²) in [6, 6.07) is 6.33. The zero-order valence-corrected chi connectivity index (χ0v) is 12.1. The molecule has 0 fully saturated rings. The molecule has 7 heteroatoms. The van der Waals surface area contributed by atoms with Crippen molar-refractivity contribution >= 4 is 29.7 Å². The number of amides is 3. The van der Waals surface area contributed by atoms with Crippen LogP contribution in [0.5, 0.6) is 0 Å². The Kier molecular flexibility index (Phi) is 7.03. The first-order chi connectivity index (χ1) is 10.0. The van der Waals surface area contributed by atoms with Crippen LogP contribution in [0.15, 0.2) is 41.8 Å². The molecule has 1 rings (SSSR count). The number of hydrogen-bond acceptors (Lipinski definition) is 4. The number of aliphatic carboxylic acids is 1. The van der Waals surface area contributed by atoms with Crippen LogP contribution in [0.2, 0.25) is 0 Å². The molecule has 21 heavy (non-hydrogen) atoms. The topological polar surface area (TPSA) is 95.5 Å². The predicted octanol–water partition coefficient (Wildman–Crippen LogP) is 1.42. The summed E-state index contributed by atoms with van der Waals surface area (Å²) in [7, 11) is 0. The minimum Gasteiger partial charge on any atom is -0.481 e. The van der Waals surface area contributed by atoms with Gasteiger partial charge in [0.1, 0.15) is 0 Å². The van der Waals surface area contributed by atoms with E-state index in [0.29, 0.717) is 5.56 Å². The summed E-state index contributed by atoms with van der Waals surface area (Å²) in [6.07, 6.45) is 1.48. The Hall–Kier alpha value is -2.28. The highest BCUT2D eigenvalue weighted by atomic mass is 32.2. The van der Waals surface area contributed by atoms with Crippen LogP contribution < -0.4 is 10.6 Å². The summed E-state index contributed by atoms with van der Waals surface area (Å²) in [6.45, 7) is 3.73. The SMILES string of the molecule is C=CCNC(=O)NC(=O)CSc1ccc(CC(=O)O)cc1. The Morgan fingerprint density at radius 1 is 1.24 bits per heavy atom. The van der Waals surface area contributed by atoms with Gasteiger partial charge in [0, 0.05) is 11.4 Å². The van der Waals surface area contributed by atoms with Crippen LogP contribution in [0.1, 0.15) is 5.56 Å². The Morgan fingerprint density at radius 3 is 2.48 bits per heavy atom. The Labute approximate surface area is 126 Å². The molecule has 0 aliphatic rings. The zero-order valence-electron chi connectivity index (χ0n) is 11.3. The number of thioether (sulfide) groups is 1. The molecule has 0 unspecified atom stereocenters. The quantitative estimate of drug-likeness (QED) is 0.523. The van der Waals surface area contributed by atoms with E-state index in [1.54, 1.807) is 24.3 Å². The second-order valence-electron chi connectivity index (χ2n) is 4.05. The molecular weight excluding hydrogens is 292 g/mol. The summed E-state index contributed by atoms with van der Waals surface area (Å²) in [5.74, 6) is -1.20. The molecule has 0 heterocycles. The van der Waals surface area contributed by atoms with E-state index >= 15 is 0 Å². The maximum absolute atomic E-state index is 11.5. The number of carbonyl (C=O) groups excluding carboxylic acids is 2. The average molecular weight is 308 g/mol. The highest BCUT2D eigenvalue weighted by Gasteiger charge is 2.07. The summed E-state index contributed by atoms with van der Waals surface area (Å²) in [4.78, 5) is 34.1. The number of rotatable bonds is 7. The van der Waals surface area contributed by atoms with Gasteiger partial charge in [-0.1, -0.05) is 18.2 Å². The Balaban J connectivity index is 2.37. The van der Waals surface area contributed by atoms with E-state index in [1.165, 1.54) is 17.8 Å². The summed E-state index contributed by atoms with van der Waals surface area (Å²) < 4.78 is 0. The average Bonchev–Trinajstić information content (AvgIpc) is 2.44. The molecule has 6 nitrogen and oxygen atoms in total. The minimum atomic E-state index is -0.889. The van der Waals surface area contributed by atoms with Crippen LogP contribution in [0.25, 0.3) is 0 Å². The van der Waals surface area contributed by atoms with Crippen LogP contribution in [0.4, 0.5) is 4.79 Å². The Morgan fingerprint density at radius 2 is 1.90 bits per heavy atom. The van der Waals surface area contributed by atoms with Crippen molar-refractivity contribution in [3.05, 3.63) is 42.5 Å².